The fraction of sp³-hybridized carbons (Fsp3) is 0. The quantitative estimate of drug-likeness (QED) is 0.635. The van der Waals surface area contributed by atoms with Gasteiger partial charge >= 0.3 is 5.69 Å². The zero-order chi connectivity index (χ0) is 9.10. The second-order valence-corrected chi connectivity index (χ2v) is 2.50. The molecule has 0 N–H and O–H groups in total. The third-order valence-corrected chi connectivity index (χ3v) is 1.66. The van der Waals surface area contributed by atoms with Crippen molar-refractivity contribution in [2.45, 2.75) is 0 Å². The van der Waals surface area contributed by atoms with Gasteiger partial charge in [-0.05, 0) is 12.1 Å². The smallest absolute Gasteiger partial charge is 0.251 e. The largest absolute Gasteiger partial charge is 0.354 e. The molecule has 4 heteroatoms. The maximum absolute atomic E-state index is 11.2. The van der Waals surface area contributed by atoms with Crippen molar-refractivity contribution in [3.63, 3.8) is 0 Å². The monoisotopic (exact) mass is 173 g/mol. The summed E-state index contributed by atoms with van der Waals surface area (Å²) in [5, 5.41) is 0. The summed E-state index contributed by atoms with van der Waals surface area (Å²) in [7, 11) is 0. The highest BCUT2D eigenvalue weighted by Gasteiger charge is 1.96. The van der Waals surface area contributed by atoms with Crippen LogP contribution in [0.3, 0.4) is 0 Å². The molecule has 2 rings (SSSR count). The van der Waals surface area contributed by atoms with E-state index in [0.29, 0.717) is 0 Å². The average Bonchev–Trinajstić information content (AvgIpc) is 2.20. The van der Waals surface area contributed by atoms with Gasteiger partial charge in [-0.1, -0.05) is 18.2 Å². The minimum absolute atomic E-state index is 0.318. The number of hydrogen-bond donors (Lipinski definition) is 0. The molecule has 4 nitrogen and oxygen atoms in total. The SMILES string of the molecule is O=c1ncncn1-c1ccccc1. The predicted octanol–water partition coefficient (Wildman–Crippen LogP) is 0.628. The molecule has 0 aliphatic carbocycles. The van der Waals surface area contributed by atoms with E-state index in [4.69, 9.17) is 0 Å². The van der Waals surface area contributed by atoms with Gasteiger partial charge in [0.15, 0.2) is 0 Å². The Morgan fingerprint density at radius 2 is 1.92 bits per heavy atom. The van der Waals surface area contributed by atoms with Crippen molar-refractivity contribution in [3.8, 4) is 5.69 Å². The molecule has 0 unspecified atom stereocenters. The van der Waals surface area contributed by atoms with Gasteiger partial charge < -0.3 is 0 Å². The van der Waals surface area contributed by atoms with E-state index in [1.807, 2.05) is 30.3 Å². The topological polar surface area (TPSA) is 47.8 Å². The van der Waals surface area contributed by atoms with Gasteiger partial charge in [0.2, 0.25) is 0 Å². The molecule has 0 aliphatic heterocycles. The number of benzene rings is 1. The maximum Gasteiger partial charge on any atom is 0.354 e. The molecule has 0 fully saturated rings. The molecule has 0 aliphatic rings. The van der Waals surface area contributed by atoms with E-state index in [9.17, 15) is 4.79 Å². The molecule has 0 bridgehead atoms. The van der Waals surface area contributed by atoms with Crippen molar-refractivity contribution >= 4 is 0 Å². The molecule has 1 aromatic carbocycles. The first-order valence-electron chi connectivity index (χ1n) is 3.82. The van der Waals surface area contributed by atoms with Crippen LogP contribution in [0.1, 0.15) is 0 Å². The van der Waals surface area contributed by atoms with Gasteiger partial charge in [0.1, 0.15) is 12.7 Å². The molecular weight excluding hydrogens is 166 g/mol. The molecule has 0 atom stereocenters. The Kier molecular flexibility index (Phi) is 1.88. The lowest BCUT2D eigenvalue weighted by molar-refractivity contribution is 0.858. The third-order valence-electron chi connectivity index (χ3n) is 1.66. The summed E-state index contributed by atoms with van der Waals surface area (Å²) in [6.45, 7) is 0. The van der Waals surface area contributed by atoms with Crippen molar-refractivity contribution in [1.82, 2.24) is 14.5 Å². The molecule has 1 heterocycles. The molecule has 2 aromatic rings. The molecule has 0 amide bonds. The van der Waals surface area contributed by atoms with Crippen molar-refractivity contribution < 1.29 is 0 Å². The standard InChI is InChI=1S/C9H7N3O/c13-9-11-6-10-7-12(9)8-4-2-1-3-5-8/h1-7H. The fourth-order valence-corrected chi connectivity index (χ4v) is 1.06. The Hall–Kier alpha value is -1.97. The number of hydrogen-bond acceptors (Lipinski definition) is 3. The second kappa shape index (κ2) is 3.18. The first-order chi connectivity index (χ1) is 6.38. The van der Waals surface area contributed by atoms with Crippen molar-refractivity contribution in [3.05, 3.63) is 53.5 Å². The number of nitrogens with zero attached hydrogens (tertiary/aromatic N) is 3. The minimum Gasteiger partial charge on any atom is -0.251 e. The molecule has 64 valence electrons. The minimum atomic E-state index is -0.318. The third kappa shape index (κ3) is 1.46. The van der Waals surface area contributed by atoms with Gasteiger partial charge in [0.05, 0.1) is 5.69 Å². The molecular formula is C9H7N3O. The summed E-state index contributed by atoms with van der Waals surface area (Å²) in [5.74, 6) is 0. The van der Waals surface area contributed by atoms with E-state index >= 15 is 0 Å². The summed E-state index contributed by atoms with van der Waals surface area (Å²) in [6, 6.07) is 9.25. The summed E-state index contributed by atoms with van der Waals surface area (Å²) in [4.78, 5) is 18.6. The zero-order valence-electron chi connectivity index (χ0n) is 6.79. The molecule has 13 heavy (non-hydrogen) atoms. The van der Waals surface area contributed by atoms with Gasteiger partial charge in [-0.2, -0.15) is 4.98 Å². The number of aromatic nitrogens is 3. The lowest BCUT2D eigenvalue weighted by atomic mass is 10.3. The molecule has 1 aromatic heterocycles. The summed E-state index contributed by atoms with van der Waals surface area (Å²) in [5.41, 5.74) is 0.453. The fourth-order valence-electron chi connectivity index (χ4n) is 1.06. The highest BCUT2D eigenvalue weighted by Crippen LogP contribution is 2.00. The van der Waals surface area contributed by atoms with Crippen molar-refractivity contribution in [2.24, 2.45) is 0 Å². The Morgan fingerprint density at radius 1 is 1.15 bits per heavy atom. The van der Waals surface area contributed by atoms with Crippen LogP contribution in [0.4, 0.5) is 0 Å². The van der Waals surface area contributed by atoms with E-state index in [0.717, 1.165) is 5.69 Å². The van der Waals surface area contributed by atoms with Gasteiger partial charge in [-0.15, -0.1) is 0 Å². The van der Waals surface area contributed by atoms with Gasteiger partial charge in [0.25, 0.3) is 0 Å². The highest BCUT2D eigenvalue weighted by molar-refractivity contribution is 5.29. The van der Waals surface area contributed by atoms with Crippen LogP contribution < -0.4 is 5.69 Å². The van der Waals surface area contributed by atoms with E-state index in [2.05, 4.69) is 9.97 Å². The van der Waals surface area contributed by atoms with Gasteiger partial charge in [-0.25, -0.2) is 9.78 Å². The van der Waals surface area contributed by atoms with E-state index in [1.54, 1.807) is 0 Å². The van der Waals surface area contributed by atoms with Crippen molar-refractivity contribution in [1.29, 1.82) is 0 Å². The predicted molar refractivity (Wildman–Crippen MR) is 47.6 cm³/mol. The normalized spacial score (nSPS) is 9.85. The molecule has 0 saturated heterocycles. The lowest BCUT2D eigenvalue weighted by Gasteiger charge is -2.01. The average molecular weight is 173 g/mol. The molecule has 0 saturated carbocycles. The van der Waals surface area contributed by atoms with Crippen LogP contribution in [0.5, 0.6) is 0 Å². The van der Waals surface area contributed by atoms with Gasteiger partial charge in [0, 0.05) is 0 Å². The first-order valence-corrected chi connectivity index (χ1v) is 3.82. The Balaban J connectivity index is 2.60. The van der Waals surface area contributed by atoms with Crippen LogP contribution in [0.2, 0.25) is 0 Å². The van der Waals surface area contributed by atoms with E-state index < -0.39 is 0 Å². The highest BCUT2D eigenvalue weighted by atomic mass is 16.1. The van der Waals surface area contributed by atoms with Crippen LogP contribution in [0.15, 0.2) is 47.8 Å². The first kappa shape index (κ1) is 7.67. The Bertz CT molecular complexity index is 450. The van der Waals surface area contributed by atoms with Crippen LogP contribution in [0, 0.1) is 0 Å². The van der Waals surface area contributed by atoms with Crippen LogP contribution in [0.25, 0.3) is 5.69 Å². The summed E-state index contributed by atoms with van der Waals surface area (Å²) in [6.07, 6.45) is 2.69. The lowest BCUT2D eigenvalue weighted by Crippen LogP contribution is -2.20. The van der Waals surface area contributed by atoms with Crippen LogP contribution >= 0.6 is 0 Å². The Labute approximate surface area is 74.5 Å². The van der Waals surface area contributed by atoms with Crippen molar-refractivity contribution in [2.75, 3.05) is 0 Å². The summed E-state index contributed by atoms with van der Waals surface area (Å²) >= 11 is 0. The van der Waals surface area contributed by atoms with E-state index in [1.165, 1.54) is 17.2 Å². The number of para-hydroxylation sites is 1. The van der Waals surface area contributed by atoms with Gasteiger partial charge in [-0.3, -0.25) is 4.57 Å². The molecule has 0 spiro atoms. The Morgan fingerprint density at radius 3 is 2.62 bits per heavy atom. The van der Waals surface area contributed by atoms with Crippen LogP contribution in [-0.4, -0.2) is 14.5 Å². The maximum atomic E-state index is 11.2. The summed E-state index contributed by atoms with van der Waals surface area (Å²) < 4.78 is 1.39. The molecule has 0 radical (unpaired) electrons. The van der Waals surface area contributed by atoms with E-state index in [-0.39, 0.29) is 5.69 Å². The zero-order valence-corrected chi connectivity index (χ0v) is 6.79. The number of rotatable bonds is 1. The van der Waals surface area contributed by atoms with Crippen LogP contribution in [-0.2, 0) is 0 Å². The second-order valence-electron chi connectivity index (χ2n) is 2.50.